The lowest BCUT2D eigenvalue weighted by molar-refractivity contribution is -0.384. The summed E-state index contributed by atoms with van der Waals surface area (Å²) in [6, 6.07) is 24.8. The maximum absolute atomic E-state index is 10.8. The normalized spacial score (nSPS) is 10.8. The zero-order valence-electron chi connectivity index (χ0n) is 16.3. The van der Waals surface area contributed by atoms with Gasteiger partial charge in [-0.2, -0.15) is 0 Å². The van der Waals surface area contributed by atoms with Gasteiger partial charge in [0.2, 0.25) is 0 Å². The zero-order valence-corrected chi connectivity index (χ0v) is 19.5. The van der Waals surface area contributed by atoms with E-state index >= 15 is 0 Å². The maximum atomic E-state index is 10.8. The molecular formula is C24H18Br2N2O3. The van der Waals surface area contributed by atoms with Gasteiger partial charge in [0, 0.05) is 24.4 Å². The highest BCUT2D eigenvalue weighted by Gasteiger charge is 2.11. The molecule has 0 radical (unpaired) electrons. The summed E-state index contributed by atoms with van der Waals surface area (Å²) in [5.41, 5.74) is 3.05. The average Bonchev–Trinajstić information content (AvgIpc) is 2.77. The van der Waals surface area contributed by atoms with Crippen LogP contribution >= 0.6 is 31.9 Å². The van der Waals surface area contributed by atoms with Crippen molar-refractivity contribution < 1.29 is 9.66 Å². The van der Waals surface area contributed by atoms with Gasteiger partial charge < -0.3 is 10.1 Å². The Kier molecular flexibility index (Phi) is 6.53. The van der Waals surface area contributed by atoms with Gasteiger partial charge in [0.25, 0.3) is 5.69 Å². The topological polar surface area (TPSA) is 64.4 Å². The monoisotopic (exact) mass is 540 g/mol. The number of hydrogen-bond donors (Lipinski definition) is 1. The third-order valence-electron chi connectivity index (χ3n) is 4.88. The number of non-ortho nitro benzene ring substituents is 1. The maximum Gasteiger partial charge on any atom is 0.269 e. The van der Waals surface area contributed by atoms with Gasteiger partial charge in [-0.1, -0.05) is 42.5 Å². The number of nitrogens with zero attached hydrogens (tertiary/aromatic N) is 1. The Hall–Kier alpha value is -2.90. The molecule has 0 heterocycles. The molecule has 0 aliphatic carbocycles. The molecule has 0 saturated carbocycles. The summed E-state index contributed by atoms with van der Waals surface area (Å²) in [7, 11) is 0. The molecule has 0 aromatic heterocycles. The summed E-state index contributed by atoms with van der Waals surface area (Å²) >= 11 is 7.23. The molecule has 4 aromatic carbocycles. The molecule has 4 aromatic rings. The zero-order chi connectivity index (χ0) is 21.8. The summed E-state index contributed by atoms with van der Waals surface area (Å²) in [6.07, 6.45) is 0. The van der Waals surface area contributed by atoms with Crippen molar-refractivity contribution in [1.82, 2.24) is 0 Å². The lowest BCUT2D eigenvalue weighted by Gasteiger charge is -2.14. The molecule has 0 aliphatic rings. The number of anilines is 1. The van der Waals surface area contributed by atoms with E-state index in [-0.39, 0.29) is 5.69 Å². The minimum absolute atomic E-state index is 0.0729. The second-order valence-electron chi connectivity index (χ2n) is 6.97. The summed E-state index contributed by atoms with van der Waals surface area (Å²) in [4.78, 5) is 10.4. The van der Waals surface area contributed by atoms with Gasteiger partial charge in [0.05, 0.1) is 13.9 Å². The molecule has 4 rings (SSSR count). The van der Waals surface area contributed by atoms with Crippen LogP contribution in [-0.2, 0) is 13.2 Å². The molecule has 1 N–H and O–H groups in total. The Morgan fingerprint density at radius 1 is 0.903 bits per heavy atom. The minimum atomic E-state index is -0.408. The van der Waals surface area contributed by atoms with Crippen molar-refractivity contribution in [2.24, 2.45) is 0 Å². The number of ether oxygens (including phenoxy) is 1. The van der Waals surface area contributed by atoms with E-state index in [4.69, 9.17) is 4.74 Å². The first-order valence-corrected chi connectivity index (χ1v) is 11.2. The number of nitro groups is 1. The largest absolute Gasteiger partial charge is 0.487 e. The first-order valence-electron chi connectivity index (χ1n) is 9.57. The minimum Gasteiger partial charge on any atom is -0.487 e. The number of hydrogen-bond acceptors (Lipinski definition) is 4. The second-order valence-corrected chi connectivity index (χ2v) is 8.68. The molecule has 0 amide bonds. The van der Waals surface area contributed by atoms with Crippen molar-refractivity contribution in [1.29, 1.82) is 0 Å². The summed E-state index contributed by atoms with van der Waals surface area (Å²) in [5.74, 6) is 0.743. The molecule has 31 heavy (non-hydrogen) atoms. The van der Waals surface area contributed by atoms with Crippen LogP contribution in [0.15, 0.2) is 87.8 Å². The number of fused-ring (bicyclic) bond motifs is 1. The first-order chi connectivity index (χ1) is 15.0. The number of nitrogens with one attached hydrogen (secondary N) is 1. The average molecular weight is 542 g/mol. The summed E-state index contributed by atoms with van der Waals surface area (Å²) in [6.45, 7) is 1.03. The second kappa shape index (κ2) is 9.49. The van der Waals surface area contributed by atoms with Crippen molar-refractivity contribution in [3.8, 4) is 5.75 Å². The molecule has 5 nitrogen and oxygen atoms in total. The van der Waals surface area contributed by atoms with Crippen LogP contribution in [0.1, 0.15) is 11.1 Å². The Labute approximate surface area is 196 Å². The fraction of sp³-hybridized carbons (Fsp3) is 0.0833. The predicted molar refractivity (Wildman–Crippen MR) is 131 cm³/mol. The van der Waals surface area contributed by atoms with Crippen LogP contribution < -0.4 is 10.1 Å². The lowest BCUT2D eigenvalue weighted by atomic mass is 10.1. The quantitative estimate of drug-likeness (QED) is 0.195. The van der Waals surface area contributed by atoms with Gasteiger partial charge in [-0.25, -0.2) is 0 Å². The van der Waals surface area contributed by atoms with Crippen molar-refractivity contribution in [3.63, 3.8) is 0 Å². The SMILES string of the molecule is O=[N+]([O-])c1ccc(NCc2cc(Br)c(OCc3cccc4ccccc34)c(Br)c2)cc1. The molecule has 0 aliphatic heterocycles. The van der Waals surface area contributed by atoms with E-state index in [1.165, 1.54) is 22.9 Å². The van der Waals surface area contributed by atoms with E-state index in [1.54, 1.807) is 12.1 Å². The van der Waals surface area contributed by atoms with Gasteiger partial charge in [-0.05, 0) is 78.0 Å². The smallest absolute Gasteiger partial charge is 0.269 e. The Bertz CT molecular complexity index is 1220. The van der Waals surface area contributed by atoms with Crippen molar-refractivity contribution >= 4 is 54.0 Å². The lowest BCUT2D eigenvalue weighted by Crippen LogP contribution is -2.02. The molecule has 0 saturated heterocycles. The van der Waals surface area contributed by atoms with E-state index < -0.39 is 4.92 Å². The van der Waals surface area contributed by atoms with Crippen LogP contribution in [0.4, 0.5) is 11.4 Å². The van der Waals surface area contributed by atoms with E-state index in [1.807, 2.05) is 30.3 Å². The van der Waals surface area contributed by atoms with Crippen molar-refractivity contribution in [3.05, 3.63) is 109 Å². The van der Waals surface area contributed by atoms with Gasteiger partial charge in [0.15, 0.2) is 0 Å². The van der Waals surface area contributed by atoms with Crippen LogP contribution in [0.3, 0.4) is 0 Å². The Morgan fingerprint density at radius 3 is 2.29 bits per heavy atom. The van der Waals surface area contributed by atoms with Crippen LogP contribution in [0.2, 0.25) is 0 Å². The van der Waals surface area contributed by atoms with Crippen molar-refractivity contribution in [2.45, 2.75) is 13.2 Å². The van der Waals surface area contributed by atoms with E-state index in [0.717, 1.165) is 31.5 Å². The first kappa shape index (κ1) is 21.3. The number of rotatable bonds is 7. The molecule has 0 unspecified atom stereocenters. The van der Waals surface area contributed by atoms with E-state index in [2.05, 4.69) is 61.4 Å². The molecule has 0 bridgehead atoms. The third-order valence-corrected chi connectivity index (χ3v) is 6.06. The fourth-order valence-corrected chi connectivity index (χ4v) is 4.84. The number of nitro benzene ring substituents is 1. The number of halogens is 2. The predicted octanol–water partition coefficient (Wildman–Crippen LogP) is 7.46. The van der Waals surface area contributed by atoms with Crippen molar-refractivity contribution in [2.75, 3.05) is 5.32 Å². The molecule has 0 atom stereocenters. The highest BCUT2D eigenvalue weighted by molar-refractivity contribution is 9.11. The summed E-state index contributed by atoms with van der Waals surface area (Å²) < 4.78 is 7.84. The van der Waals surface area contributed by atoms with Gasteiger partial charge in [0.1, 0.15) is 12.4 Å². The standard InChI is InChI=1S/C24H18Br2N2O3/c25-22-12-16(14-27-19-8-10-20(11-9-19)28(29)30)13-23(26)24(22)31-15-18-6-3-5-17-4-1-2-7-21(17)18/h1-13,27H,14-15H2. The highest BCUT2D eigenvalue weighted by atomic mass is 79.9. The van der Waals surface area contributed by atoms with Crippen LogP contribution in [0, 0.1) is 10.1 Å². The fourth-order valence-electron chi connectivity index (χ4n) is 3.33. The van der Waals surface area contributed by atoms with Gasteiger partial charge in [-0.15, -0.1) is 0 Å². The molecule has 7 heteroatoms. The van der Waals surface area contributed by atoms with Crippen LogP contribution in [0.25, 0.3) is 10.8 Å². The molecule has 0 spiro atoms. The molecule has 156 valence electrons. The van der Waals surface area contributed by atoms with Gasteiger partial charge >= 0.3 is 0 Å². The molecular weight excluding hydrogens is 524 g/mol. The summed E-state index contributed by atoms with van der Waals surface area (Å²) in [5, 5.41) is 16.4. The molecule has 0 fully saturated rings. The van der Waals surface area contributed by atoms with Crippen LogP contribution in [0.5, 0.6) is 5.75 Å². The Morgan fingerprint density at radius 2 is 1.58 bits per heavy atom. The van der Waals surface area contributed by atoms with E-state index in [9.17, 15) is 10.1 Å². The Balaban J connectivity index is 1.45. The van der Waals surface area contributed by atoms with Gasteiger partial charge in [-0.3, -0.25) is 10.1 Å². The van der Waals surface area contributed by atoms with Crippen LogP contribution in [-0.4, -0.2) is 4.92 Å². The number of benzene rings is 4. The van der Waals surface area contributed by atoms with E-state index in [0.29, 0.717) is 13.2 Å². The third kappa shape index (κ3) is 5.06. The highest BCUT2D eigenvalue weighted by Crippen LogP contribution is 2.36.